The van der Waals surface area contributed by atoms with Crippen molar-refractivity contribution >= 4 is 28.3 Å². The predicted molar refractivity (Wildman–Crippen MR) is 83.4 cm³/mol. The predicted octanol–water partition coefficient (Wildman–Crippen LogP) is 2.65. The molecule has 0 aliphatic rings. The number of hydrogen-bond donors (Lipinski definition) is 1. The van der Waals surface area contributed by atoms with Crippen LogP contribution in [0.4, 0.5) is 5.13 Å². The first-order valence-corrected chi connectivity index (χ1v) is 7.59. The summed E-state index contributed by atoms with van der Waals surface area (Å²) in [4.78, 5) is 27.3. The van der Waals surface area contributed by atoms with Crippen LogP contribution in [0.25, 0.3) is 0 Å². The molecule has 2 rings (SSSR count). The maximum absolute atomic E-state index is 11.8. The van der Waals surface area contributed by atoms with Crippen LogP contribution in [0.3, 0.4) is 0 Å². The fourth-order valence-corrected chi connectivity index (χ4v) is 2.34. The molecule has 0 aliphatic carbocycles. The zero-order chi connectivity index (χ0) is 15.9. The number of carbonyl (C=O) groups excluding carboxylic acids is 2. The molecule has 1 heterocycles. The number of benzene rings is 1. The molecule has 0 bridgehead atoms. The van der Waals surface area contributed by atoms with Crippen molar-refractivity contribution < 1.29 is 19.1 Å². The lowest BCUT2D eigenvalue weighted by molar-refractivity contribution is -0.118. The molecular weight excluding hydrogens is 304 g/mol. The number of nitrogens with one attached hydrogen (secondary N) is 1. The highest BCUT2D eigenvalue weighted by atomic mass is 32.1. The Balaban J connectivity index is 1.87. The summed E-state index contributed by atoms with van der Waals surface area (Å²) in [6.07, 6.45) is 0. The number of amides is 1. The zero-order valence-corrected chi connectivity index (χ0v) is 13.1. The first-order chi connectivity index (χ1) is 10.6. The number of esters is 1. The van der Waals surface area contributed by atoms with E-state index in [9.17, 15) is 9.59 Å². The fourth-order valence-electron chi connectivity index (χ4n) is 1.65. The molecule has 1 aromatic carbocycles. The fraction of sp³-hybridized carbons (Fsp3) is 0.267. The molecule has 0 atom stereocenters. The van der Waals surface area contributed by atoms with E-state index in [2.05, 4.69) is 10.3 Å². The summed E-state index contributed by atoms with van der Waals surface area (Å²) in [5.74, 6) is -0.188. The van der Waals surface area contributed by atoms with E-state index in [1.807, 2.05) is 25.1 Å². The molecule has 7 heteroatoms. The number of aryl methyl sites for hydroxylation is 1. The van der Waals surface area contributed by atoms with Crippen LogP contribution in [0.1, 0.15) is 23.0 Å². The van der Waals surface area contributed by atoms with Crippen molar-refractivity contribution in [1.29, 1.82) is 0 Å². The standard InChI is InChI=1S/C15H16N2O4S/c1-3-20-14(19)11-9-22-15(16-11)17-13(18)8-21-12-7-5-4-6-10(12)2/h4-7,9H,3,8H2,1-2H3,(H,16,17,18). The smallest absolute Gasteiger partial charge is 0.357 e. The van der Waals surface area contributed by atoms with Gasteiger partial charge in [0.25, 0.3) is 5.91 Å². The second-order valence-corrected chi connectivity index (χ2v) is 5.22. The maximum atomic E-state index is 11.8. The molecule has 116 valence electrons. The van der Waals surface area contributed by atoms with Crippen molar-refractivity contribution in [2.24, 2.45) is 0 Å². The quantitative estimate of drug-likeness (QED) is 0.828. The van der Waals surface area contributed by atoms with Crippen LogP contribution < -0.4 is 10.1 Å². The van der Waals surface area contributed by atoms with Crippen LogP contribution in [-0.4, -0.2) is 30.1 Å². The van der Waals surface area contributed by atoms with Crippen LogP contribution in [0.15, 0.2) is 29.6 Å². The molecule has 0 saturated carbocycles. The third-order valence-corrected chi connectivity index (χ3v) is 3.45. The molecule has 0 radical (unpaired) electrons. The van der Waals surface area contributed by atoms with Gasteiger partial charge in [-0.1, -0.05) is 18.2 Å². The van der Waals surface area contributed by atoms with Crippen molar-refractivity contribution in [2.45, 2.75) is 13.8 Å². The Morgan fingerprint density at radius 1 is 1.32 bits per heavy atom. The molecule has 0 unspecified atom stereocenters. The largest absolute Gasteiger partial charge is 0.483 e. The van der Waals surface area contributed by atoms with E-state index in [-0.39, 0.29) is 24.8 Å². The van der Waals surface area contributed by atoms with Gasteiger partial charge in [0.15, 0.2) is 17.4 Å². The van der Waals surface area contributed by atoms with Crippen LogP contribution in [0.5, 0.6) is 5.75 Å². The number of ether oxygens (including phenoxy) is 2. The van der Waals surface area contributed by atoms with E-state index in [1.54, 1.807) is 13.0 Å². The summed E-state index contributed by atoms with van der Waals surface area (Å²) in [6, 6.07) is 7.44. The van der Waals surface area contributed by atoms with Crippen molar-refractivity contribution in [1.82, 2.24) is 4.98 Å². The second-order valence-electron chi connectivity index (χ2n) is 4.36. The summed E-state index contributed by atoms with van der Waals surface area (Å²) < 4.78 is 10.3. The normalized spacial score (nSPS) is 10.1. The Morgan fingerprint density at radius 2 is 2.09 bits per heavy atom. The third kappa shape index (κ3) is 4.29. The minimum absolute atomic E-state index is 0.126. The Labute approximate surface area is 132 Å². The van der Waals surface area contributed by atoms with Gasteiger partial charge in [0.2, 0.25) is 0 Å². The van der Waals surface area contributed by atoms with E-state index in [4.69, 9.17) is 9.47 Å². The Kier molecular flexibility index (Phi) is 5.48. The zero-order valence-electron chi connectivity index (χ0n) is 12.3. The van der Waals surface area contributed by atoms with Crippen LogP contribution in [0, 0.1) is 6.92 Å². The summed E-state index contributed by atoms with van der Waals surface area (Å²) >= 11 is 1.16. The van der Waals surface area contributed by atoms with Gasteiger partial charge in [0.05, 0.1) is 6.61 Å². The molecule has 0 aliphatic heterocycles. The minimum Gasteiger partial charge on any atom is -0.483 e. The molecule has 1 aromatic heterocycles. The Hall–Kier alpha value is -2.41. The van der Waals surface area contributed by atoms with Crippen molar-refractivity contribution in [3.8, 4) is 5.75 Å². The number of para-hydroxylation sites is 1. The monoisotopic (exact) mass is 320 g/mol. The molecule has 0 saturated heterocycles. The lowest BCUT2D eigenvalue weighted by Crippen LogP contribution is -2.20. The third-order valence-electron chi connectivity index (χ3n) is 2.69. The molecule has 6 nitrogen and oxygen atoms in total. The number of aromatic nitrogens is 1. The molecule has 0 fully saturated rings. The van der Waals surface area contributed by atoms with Crippen LogP contribution in [0.2, 0.25) is 0 Å². The van der Waals surface area contributed by atoms with E-state index >= 15 is 0 Å². The van der Waals surface area contributed by atoms with Gasteiger partial charge >= 0.3 is 5.97 Å². The number of nitrogens with zero attached hydrogens (tertiary/aromatic N) is 1. The van der Waals surface area contributed by atoms with Gasteiger partial charge < -0.3 is 9.47 Å². The van der Waals surface area contributed by atoms with Gasteiger partial charge in [-0.15, -0.1) is 11.3 Å². The van der Waals surface area contributed by atoms with E-state index in [0.29, 0.717) is 10.9 Å². The number of anilines is 1. The summed E-state index contributed by atoms with van der Waals surface area (Å²) in [5, 5.41) is 4.46. The summed E-state index contributed by atoms with van der Waals surface area (Å²) in [6.45, 7) is 3.77. The maximum Gasteiger partial charge on any atom is 0.357 e. The molecule has 2 aromatic rings. The first kappa shape index (κ1) is 16.0. The summed E-state index contributed by atoms with van der Waals surface area (Å²) in [7, 11) is 0. The SMILES string of the molecule is CCOC(=O)c1csc(NC(=O)COc2ccccc2C)n1. The highest BCUT2D eigenvalue weighted by molar-refractivity contribution is 7.14. The number of rotatable bonds is 6. The van der Waals surface area contributed by atoms with E-state index in [1.165, 1.54) is 5.38 Å². The highest BCUT2D eigenvalue weighted by Gasteiger charge is 2.13. The van der Waals surface area contributed by atoms with Crippen LogP contribution >= 0.6 is 11.3 Å². The second kappa shape index (κ2) is 7.56. The van der Waals surface area contributed by atoms with Gasteiger partial charge in [-0.05, 0) is 25.5 Å². The van der Waals surface area contributed by atoms with Crippen molar-refractivity contribution in [3.63, 3.8) is 0 Å². The van der Waals surface area contributed by atoms with Gasteiger partial charge in [-0.2, -0.15) is 0 Å². The van der Waals surface area contributed by atoms with Gasteiger partial charge in [0.1, 0.15) is 5.75 Å². The molecule has 1 N–H and O–H groups in total. The average Bonchev–Trinajstić information content (AvgIpc) is 2.95. The molecule has 0 spiro atoms. The van der Waals surface area contributed by atoms with E-state index < -0.39 is 5.97 Å². The Bertz CT molecular complexity index is 669. The van der Waals surface area contributed by atoms with Crippen molar-refractivity contribution in [2.75, 3.05) is 18.5 Å². The first-order valence-electron chi connectivity index (χ1n) is 6.71. The number of carbonyl (C=O) groups is 2. The molecular formula is C15H16N2O4S. The van der Waals surface area contributed by atoms with Crippen LogP contribution in [-0.2, 0) is 9.53 Å². The lowest BCUT2D eigenvalue weighted by atomic mass is 10.2. The topological polar surface area (TPSA) is 77.5 Å². The average molecular weight is 320 g/mol. The van der Waals surface area contributed by atoms with Gasteiger partial charge in [-0.3, -0.25) is 10.1 Å². The van der Waals surface area contributed by atoms with Gasteiger partial charge in [0, 0.05) is 5.38 Å². The van der Waals surface area contributed by atoms with Crippen molar-refractivity contribution in [3.05, 3.63) is 40.9 Å². The highest BCUT2D eigenvalue weighted by Crippen LogP contribution is 2.18. The molecule has 1 amide bonds. The van der Waals surface area contributed by atoms with E-state index in [0.717, 1.165) is 16.9 Å². The molecule has 22 heavy (non-hydrogen) atoms. The summed E-state index contributed by atoms with van der Waals surface area (Å²) in [5.41, 5.74) is 1.14. The number of thiazole rings is 1. The lowest BCUT2D eigenvalue weighted by Gasteiger charge is -2.07. The Morgan fingerprint density at radius 3 is 2.82 bits per heavy atom. The number of hydrogen-bond acceptors (Lipinski definition) is 6. The minimum atomic E-state index is -0.504. The van der Waals surface area contributed by atoms with Gasteiger partial charge in [-0.25, -0.2) is 9.78 Å².